The molecule has 0 amide bonds. The van der Waals surface area contributed by atoms with Gasteiger partial charge in [0.1, 0.15) is 5.69 Å². The number of aliphatic carboxylic acids is 1. The fourth-order valence-electron chi connectivity index (χ4n) is 1.83. The molecule has 0 spiro atoms. The summed E-state index contributed by atoms with van der Waals surface area (Å²) in [5.41, 5.74) is 1.94. The van der Waals surface area contributed by atoms with Crippen molar-refractivity contribution in [1.82, 2.24) is 4.98 Å². The molecular weight excluding hydrogens is 206 g/mol. The number of carbonyl (C=O) groups is 1. The molecule has 0 saturated carbocycles. The maximum atomic E-state index is 10.9. The van der Waals surface area contributed by atoms with Gasteiger partial charge in [0, 0.05) is 29.0 Å². The third-order valence-electron chi connectivity index (χ3n) is 2.65. The first-order valence-electron chi connectivity index (χ1n) is 4.79. The number of fused-ring (bicyclic) bond motifs is 3. The van der Waals surface area contributed by atoms with Crippen LogP contribution in [-0.2, 0) is 11.2 Å². The van der Waals surface area contributed by atoms with E-state index in [0.717, 1.165) is 21.8 Å². The van der Waals surface area contributed by atoms with Crippen molar-refractivity contribution in [3.8, 4) is 0 Å². The zero-order valence-corrected chi connectivity index (χ0v) is 8.21. The number of pyridine rings is 1. The van der Waals surface area contributed by atoms with Crippen molar-refractivity contribution in [2.45, 2.75) is 6.42 Å². The minimum Gasteiger partial charge on any atom is -0.478 e. The van der Waals surface area contributed by atoms with E-state index < -0.39 is 5.97 Å². The van der Waals surface area contributed by atoms with Gasteiger partial charge in [0.05, 0.1) is 11.5 Å². The molecule has 16 heavy (non-hydrogen) atoms. The molecule has 1 aromatic rings. The Morgan fingerprint density at radius 1 is 1.38 bits per heavy atom. The summed E-state index contributed by atoms with van der Waals surface area (Å²) in [6, 6.07) is 0. The van der Waals surface area contributed by atoms with Crippen LogP contribution in [0, 0.1) is 0 Å². The highest BCUT2D eigenvalue weighted by Gasteiger charge is 2.17. The van der Waals surface area contributed by atoms with Gasteiger partial charge in [-0.15, -0.1) is 0 Å². The molecule has 5 heteroatoms. The molecule has 0 unspecified atom stereocenters. The quantitative estimate of drug-likeness (QED) is 0.727. The molecule has 0 bridgehead atoms. The SMILES string of the molecule is O=C(O)C1=CC=c2ncc3c(c2C1)N=NC=3. The summed E-state index contributed by atoms with van der Waals surface area (Å²) < 4.78 is 0. The monoisotopic (exact) mass is 213 g/mol. The van der Waals surface area contributed by atoms with Crippen molar-refractivity contribution >= 4 is 23.9 Å². The second kappa shape index (κ2) is 3.10. The fraction of sp³-hybridized carbons (Fsp3) is 0.0909. The van der Waals surface area contributed by atoms with E-state index in [4.69, 9.17) is 5.11 Å². The summed E-state index contributed by atoms with van der Waals surface area (Å²) in [6.07, 6.45) is 6.96. The molecule has 0 saturated heterocycles. The molecular formula is C11H7N3O2. The predicted octanol–water partition coefficient (Wildman–Crippen LogP) is 0.264. The first kappa shape index (κ1) is 8.96. The van der Waals surface area contributed by atoms with Crippen LogP contribution in [0.2, 0.25) is 0 Å². The second-order valence-corrected chi connectivity index (χ2v) is 3.61. The molecule has 2 aliphatic rings. The molecule has 0 aromatic carbocycles. The molecule has 0 atom stereocenters. The molecule has 0 fully saturated rings. The number of allylic oxidation sites excluding steroid dienone is 1. The largest absolute Gasteiger partial charge is 0.478 e. The average molecular weight is 213 g/mol. The van der Waals surface area contributed by atoms with Gasteiger partial charge >= 0.3 is 5.97 Å². The third-order valence-corrected chi connectivity index (χ3v) is 2.65. The van der Waals surface area contributed by atoms with Crippen LogP contribution in [0.15, 0.2) is 28.1 Å². The van der Waals surface area contributed by atoms with Gasteiger partial charge in [-0.25, -0.2) is 4.79 Å². The number of carboxylic acids is 1. The standard InChI is InChI=1S/C11H7N3O2/c15-11(16)6-1-2-9-8(3-6)10-7(4-12-9)5-13-14-10/h1-2,4-5H,3H2,(H,15,16). The highest BCUT2D eigenvalue weighted by atomic mass is 16.4. The number of hydrogen-bond donors (Lipinski definition) is 1. The minimum atomic E-state index is -0.904. The van der Waals surface area contributed by atoms with Gasteiger partial charge in [-0.1, -0.05) is 0 Å². The van der Waals surface area contributed by atoms with Crippen molar-refractivity contribution < 1.29 is 9.90 Å². The second-order valence-electron chi connectivity index (χ2n) is 3.61. The van der Waals surface area contributed by atoms with Crippen molar-refractivity contribution in [2.75, 3.05) is 0 Å². The molecule has 5 nitrogen and oxygen atoms in total. The van der Waals surface area contributed by atoms with Crippen LogP contribution in [0.3, 0.4) is 0 Å². The van der Waals surface area contributed by atoms with E-state index in [9.17, 15) is 4.79 Å². The summed E-state index contributed by atoms with van der Waals surface area (Å²) in [5.74, 6) is -0.904. The Morgan fingerprint density at radius 3 is 3.06 bits per heavy atom. The smallest absolute Gasteiger partial charge is 0.331 e. The maximum Gasteiger partial charge on any atom is 0.331 e. The molecule has 1 aliphatic heterocycles. The Morgan fingerprint density at radius 2 is 2.25 bits per heavy atom. The van der Waals surface area contributed by atoms with E-state index in [2.05, 4.69) is 15.2 Å². The van der Waals surface area contributed by atoms with Crippen LogP contribution in [0.5, 0.6) is 0 Å². The molecule has 1 aliphatic carbocycles. The van der Waals surface area contributed by atoms with Crippen molar-refractivity contribution in [2.24, 2.45) is 10.2 Å². The molecule has 1 N–H and O–H groups in total. The highest BCUT2D eigenvalue weighted by molar-refractivity contribution is 5.89. The Bertz CT molecular complexity index is 671. The Labute approximate surface area is 90.2 Å². The van der Waals surface area contributed by atoms with E-state index in [1.807, 2.05) is 0 Å². The van der Waals surface area contributed by atoms with Gasteiger partial charge in [-0.2, -0.15) is 10.2 Å². The van der Waals surface area contributed by atoms with E-state index in [-0.39, 0.29) is 0 Å². The zero-order chi connectivity index (χ0) is 11.1. The van der Waals surface area contributed by atoms with Gasteiger partial charge in [-0.3, -0.25) is 4.98 Å². The third kappa shape index (κ3) is 1.18. The fourth-order valence-corrected chi connectivity index (χ4v) is 1.83. The van der Waals surface area contributed by atoms with Gasteiger partial charge in [0.2, 0.25) is 0 Å². The number of aromatic nitrogens is 1. The van der Waals surface area contributed by atoms with Crippen LogP contribution >= 0.6 is 0 Å². The van der Waals surface area contributed by atoms with E-state index in [1.54, 1.807) is 24.5 Å². The summed E-state index contributed by atoms with van der Waals surface area (Å²) in [4.78, 5) is 15.1. The Hall–Kier alpha value is -2.30. The minimum absolute atomic E-state index is 0.351. The predicted molar refractivity (Wildman–Crippen MR) is 56.4 cm³/mol. The van der Waals surface area contributed by atoms with Gasteiger partial charge in [0.15, 0.2) is 0 Å². The number of carboxylic acid groups (broad SMARTS) is 1. The number of azo groups is 1. The number of hydrogen-bond acceptors (Lipinski definition) is 4. The first-order chi connectivity index (χ1) is 7.75. The number of rotatable bonds is 1. The molecule has 3 rings (SSSR count). The summed E-state index contributed by atoms with van der Waals surface area (Å²) in [6.45, 7) is 0. The molecule has 2 heterocycles. The summed E-state index contributed by atoms with van der Waals surface area (Å²) in [7, 11) is 0. The van der Waals surface area contributed by atoms with Gasteiger partial charge < -0.3 is 5.11 Å². The van der Waals surface area contributed by atoms with Crippen molar-refractivity contribution in [1.29, 1.82) is 0 Å². The van der Waals surface area contributed by atoms with Crippen molar-refractivity contribution in [3.63, 3.8) is 0 Å². The van der Waals surface area contributed by atoms with Crippen LogP contribution in [0.25, 0.3) is 12.3 Å². The lowest BCUT2D eigenvalue weighted by atomic mass is 9.99. The first-order valence-corrected chi connectivity index (χ1v) is 4.79. The zero-order valence-electron chi connectivity index (χ0n) is 8.21. The maximum absolute atomic E-state index is 10.9. The van der Waals surface area contributed by atoms with Crippen LogP contribution in [0.4, 0.5) is 5.69 Å². The Kier molecular flexibility index (Phi) is 1.73. The average Bonchev–Trinajstić information content (AvgIpc) is 2.76. The normalized spacial score (nSPS) is 15.6. The molecule has 0 radical (unpaired) electrons. The van der Waals surface area contributed by atoms with Crippen LogP contribution in [0.1, 0.15) is 5.56 Å². The van der Waals surface area contributed by atoms with Crippen molar-refractivity contribution in [3.05, 3.63) is 34.0 Å². The lowest BCUT2D eigenvalue weighted by Gasteiger charge is -2.09. The van der Waals surface area contributed by atoms with E-state index >= 15 is 0 Å². The van der Waals surface area contributed by atoms with Gasteiger partial charge in [0.25, 0.3) is 0 Å². The lowest BCUT2D eigenvalue weighted by molar-refractivity contribution is -0.132. The molecule has 78 valence electrons. The highest BCUT2D eigenvalue weighted by Crippen LogP contribution is 2.19. The molecule has 1 aromatic heterocycles. The van der Waals surface area contributed by atoms with Gasteiger partial charge in [-0.05, 0) is 12.2 Å². The van der Waals surface area contributed by atoms with E-state index in [0.29, 0.717) is 12.0 Å². The lowest BCUT2D eigenvalue weighted by Crippen LogP contribution is -2.23. The van der Waals surface area contributed by atoms with Crippen LogP contribution in [-0.4, -0.2) is 16.1 Å². The summed E-state index contributed by atoms with van der Waals surface area (Å²) in [5, 5.41) is 18.4. The van der Waals surface area contributed by atoms with E-state index in [1.165, 1.54) is 0 Å². The topological polar surface area (TPSA) is 74.9 Å². The number of nitrogens with zero attached hydrogens (tertiary/aromatic N) is 3. The van der Waals surface area contributed by atoms with Crippen LogP contribution < -0.4 is 10.6 Å². The Balaban J connectivity index is 2.25. The summed E-state index contributed by atoms with van der Waals surface area (Å²) >= 11 is 0.